The standard InChI is InChI=1S/C17H16N4O3S/c1-21-16(15-3-2-8-23-15)19-20-17(21)25-11-13(22)10-24-14-6-4-12(9-18)5-7-14/h2-8,13,22H,10-11H2,1H3. The van der Waals surface area contributed by atoms with Crippen molar-refractivity contribution in [1.82, 2.24) is 14.8 Å². The van der Waals surface area contributed by atoms with Gasteiger partial charge in [0.1, 0.15) is 12.4 Å². The van der Waals surface area contributed by atoms with E-state index in [1.165, 1.54) is 11.8 Å². The van der Waals surface area contributed by atoms with E-state index in [1.54, 1.807) is 36.6 Å². The maximum atomic E-state index is 10.1. The second-order valence-corrected chi connectivity index (χ2v) is 6.24. The quantitative estimate of drug-likeness (QED) is 0.650. The Kier molecular flexibility index (Phi) is 5.38. The molecule has 0 aliphatic carbocycles. The van der Waals surface area contributed by atoms with Gasteiger partial charge in [0.15, 0.2) is 16.7 Å². The molecule has 8 heteroatoms. The van der Waals surface area contributed by atoms with Crippen molar-refractivity contribution in [3.05, 3.63) is 48.2 Å². The van der Waals surface area contributed by atoms with E-state index in [0.717, 1.165) is 0 Å². The molecule has 128 valence electrons. The van der Waals surface area contributed by atoms with Gasteiger partial charge in [0, 0.05) is 12.8 Å². The normalized spacial score (nSPS) is 11.9. The lowest BCUT2D eigenvalue weighted by atomic mass is 10.2. The van der Waals surface area contributed by atoms with Crippen molar-refractivity contribution in [3.63, 3.8) is 0 Å². The number of ether oxygens (including phenoxy) is 1. The summed E-state index contributed by atoms with van der Waals surface area (Å²) >= 11 is 1.39. The Morgan fingerprint density at radius 2 is 2.12 bits per heavy atom. The molecule has 25 heavy (non-hydrogen) atoms. The van der Waals surface area contributed by atoms with Crippen molar-refractivity contribution in [3.8, 4) is 23.4 Å². The number of furan rings is 1. The zero-order chi connectivity index (χ0) is 17.6. The summed E-state index contributed by atoms with van der Waals surface area (Å²) in [5.74, 6) is 2.31. The first kappa shape index (κ1) is 17.1. The summed E-state index contributed by atoms with van der Waals surface area (Å²) in [5, 5.41) is 27.7. The number of nitrogens with zero attached hydrogens (tertiary/aromatic N) is 4. The molecule has 0 spiro atoms. The topological polar surface area (TPSA) is 97.1 Å². The van der Waals surface area contributed by atoms with Crippen molar-refractivity contribution in [2.45, 2.75) is 11.3 Å². The van der Waals surface area contributed by atoms with Gasteiger partial charge in [0.05, 0.1) is 24.0 Å². The maximum absolute atomic E-state index is 10.1. The van der Waals surface area contributed by atoms with E-state index in [0.29, 0.717) is 33.8 Å². The molecule has 3 aromatic rings. The number of hydrogen-bond donors (Lipinski definition) is 1. The number of hydrogen-bond acceptors (Lipinski definition) is 7. The molecule has 0 bridgehead atoms. The molecule has 0 fully saturated rings. The molecule has 2 aromatic heterocycles. The summed E-state index contributed by atoms with van der Waals surface area (Å²) in [6.45, 7) is 0.155. The van der Waals surface area contributed by atoms with E-state index in [2.05, 4.69) is 10.2 Å². The van der Waals surface area contributed by atoms with Gasteiger partial charge in [-0.2, -0.15) is 5.26 Å². The Labute approximate surface area is 148 Å². The number of nitriles is 1. The van der Waals surface area contributed by atoms with Crippen LogP contribution in [0.25, 0.3) is 11.6 Å². The molecule has 0 saturated carbocycles. The Hall–Kier alpha value is -2.76. The van der Waals surface area contributed by atoms with Gasteiger partial charge in [-0.1, -0.05) is 11.8 Å². The van der Waals surface area contributed by atoms with Gasteiger partial charge < -0.3 is 18.8 Å². The number of rotatable bonds is 7. The fourth-order valence-corrected chi connectivity index (χ4v) is 2.91. The van der Waals surface area contributed by atoms with Crippen LogP contribution < -0.4 is 4.74 Å². The molecule has 3 rings (SSSR count). The van der Waals surface area contributed by atoms with Crippen LogP contribution in [0, 0.1) is 11.3 Å². The second kappa shape index (κ2) is 7.88. The van der Waals surface area contributed by atoms with E-state index in [4.69, 9.17) is 14.4 Å². The van der Waals surface area contributed by atoms with Crippen LogP contribution in [0.1, 0.15) is 5.56 Å². The first-order valence-corrected chi connectivity index (χ1v) is 8.53. The minimum Gasteiger partial charge on any atom is -0.491 e. The Bertz CT molecular complexity index is 853. The minimum absolute atomic E-state index is 0.155. The summed E-state index contributed by atoms with van der Waals surface area (Å²) < 4.78 is 12.7. The van der Waals surface area contributed by atoms with Gasteiger partial charge in [-0.25, -0.2) is 0 Å². The Balaban J connectivity index is 1.50. The van der Waals surface area contributed by atoms with Gasteiger partial charge in [-0.05, 0) is 36.4 Å². The highest BCUT2D eigenvalue weighted by Gasteiger charge is 2.15. The SMILES string of the molecule is Cn1c(SCC(O)COc2ccc(C#N)cc2)nnc1-c1ccco1. The van der Waals surface area contributed by atoms with Gasteiger partial charge in [0.2, 0.25) is 0 Å². The van der Waals surface area contributed by atoms with Gasteiger partial charge in [-0.15, -0.1) is 10.2 Å². The predicted molar refractivity (Wildman–Crippen MR) is 92.1 cm³/mol. The predicted octanol–water partition coefficient (Wildman–Crippen LogP) is 2.48. The Morgan fingerprint density at radius 1 is 1.32 bits per heavy atom. The van der Waals surface area contributed by atoms with E-state index in [9.17, 15) is 5.11 Å². The van der Waals surface area contributed by atoms with Crippen LogP contribution in [0.3, 0.4) is 0 Å². The number of benzene rings is 1. The first-order chi connectivity index (χ1) is 12.2. The van der Waals surface area contributed by atoms with Crippen LogP contribution in [-0.2, 0) is 7.05 Å². The molecular weight excluding hydrogens is 340 g/mol. The highest BCUT2D eigenvalue weighted by atomic mass is 32.2. The van der Waals surface area contributed by atoms with Crippen molar-refractivity contribution in [2.75, 3.05) is 12.4 Å². The monoisotopic (exact) mass is 356 g/mol. The zero-order valence-corrected chi connectivity index (χ0v) is 14.3. The van der Waals surface area contributed by atoms with Crippen LogP contribution in [0.2, 0.25) is 0 Å². The van der Waals surface area contributed by atoms with Crippen molar-refractivity contribution in [2.24, 2.45) is 7.05 Å². The van der Waals surface area contributed by atoms with Crippen LogP contribution in [-0.4, -0.2) is 38.3 Å². The summed E-state index contributed by atoms with van der Waals surface area (Å²) in [4.78, 5) is 0. The largest absolute Gasteiger partial charge is 0.491 e. The van der Waals surface area contributed by atoms with Crippen molar-refractivity contribution < 1.29 is 14.3 Å². The average Bonchev–Trinajstić information content (AvgIpc) is 3.28. The van der Waals surface area contributed by atoms with Gasteiger partial charge in [0.25, 0.3) is 0 Å². The zero-order valence-electron chi connectivity index (χ0n) is 13.5. The molecule has 0 amide bonds. The lowest BCUT2D eigenvalue weighted by Crippen LogP contribution is -2.20. The summed E-state index contributed by atoms with van der Waals surface area (Å²) in [6, 6.07) is 12.4. The summed E-state index contributed by atoms with van der Waals surface area (Å²) in [6.07, 6.45) is 0.922. The Morgan fingerprint density at radius 3 is 2.80 bits per heavy atom. The molecule has 0 aliphatic rings. The molecule has 0 radical (unpaired) electrons. The van der Waals surface area contributed by atoms with E-state index >= 15 is 0 Å². The van der Waals surface area contributed by atoms with Crippen LogP contribution in [0.4, 0.5) is 0 Å². The number of aliphatic hydroxyl groups is 1. The third-order valence-electron chi connectivity index (χ3n) is 3.41. The average molecular weight is 356 g/mol. The second-order valence-electron chi connectivity index (χ2n) is 5.25. The van der Waals surface area contributed by atoms with Crippen molar-refractivity contribution in [1.29, 1.82) is 5.26 Å². The minimum atomic E-state index is -0.663. The van der Waals surface area contributed by atoms with Gasteiger partial charge >= 0.3 is 0 Å². The molecule has 0 aliphatic heterocycles. The lowest BCUT2D eigenvalue weighted by molar-refractivity contribution is 0.126. The number of thioether (sulfide) groups is 1. The molecule has 1 aromatic carbocycles. The first-order valence-electron chi connectivity index (χ1n) is 7.54. The van der Waals surface area contributed by atoms with E-state index in [1.807, 2.05) is 23.8 Å². The van der Waals surface area contributed by atoms with E-state index in [-0.39, 0.29) is 6.61 Å². The fourth-order valence-electron chi connectivity index (χ4n) is 2.10. The highest BCUT2D eigenvalue weighted by molar-refractivity contribution is 7.99. The van der Waals surface area contributed by atoms with E-state index < -0.39 is 6.10 Å². The smallest absolute Gasteiger partial charge is 0.200 e. The molecule has 7 nitrogen and oxygen atoms in total. The maximum Gasteiger partial charge on any atom is 0.200 e. The molecule has 1 N–H and O–H groups in total. The molecule has 0 saturated heterocycles. The molecule has 2 heterocycles. The van der Waals surface area contributed by atoms with Gasteiger partial charge in [-0.3, -0.25) is 0 Å². The molecular formula is C17H16N4O3S. The van der Waals surface area contributed by atoms with Crippen LogP contribution in [0.5, 0.6) is 5.75 Å². The number of aliphatic hydroxyl groups excluding tert-OH is 1. The number of aromatic nitrogens is 3. The summed E-state index contributed by atoms with van der Waals surface area (Å²) in [5.41, 5.74) is 0.568. The summed E-state index contributed by atoms with van der Waals surface area (Å²) in [7, 11) is 1.85. The van der Waals surface area contributed by atoms with Crippen molar-refractivity contribution >= 4 is 11.8 Å². The molecule has 1 unspecified atom stereocenters. The van der Waals surface area contributed by atoms with Crippen LogP contribution in [0.15, 0.2) is 52.2 Å². The fraction of sp³-hybridized carbons (Fsp3) is 0.235. The third kappa shape index (κ3) is 4.21. The third-order valence-corrected chi connectivity index (χ3v) is 4.57. The van der Waals surface area contributed by atoms with Crippen LogP contribution >= 0.6 is 11.8 Å². The lowest BCUT2D eigenvalue weighted by Gasteiger charge is -2.11. The highest BCUT2D eigenvalue weighted by Crippen LogP contribution is 2.23. The molecule has 1 atom stereocenters.